The summed E-state index contributed by atoms with van der Waals surface area (Å²) in [5, 5.41) is 3.85. The number of rotatable bonds is 6. The van der Waals surface area contributed by atoms with Crippen LogP contribution in [0.15, 0.2) is 18.2 Å². The van der Waals surface area contributed by atoms with Gasteiger partial charge in [-0.1, -0.05) is 36.5 Å². The fourth-order valence-corrected chi connectivity index (χ4v) is 3.70. The molecule has 0 heterocycles. The molecule has 4 nitrogen and oxygen atoms in total. The second kappa shape index (κ2) is 9.44. The molecule has 1 fully saturated rings. The molecule has 0 unspecified atom stereocenters. The maximum absolute atomic E-state index is 12.5. The number of carbonyl (C=O) groups is 2. The quantitative estimate of drug-likeness (QED) is 0.750. The van der Waals surface area contributed by atoms with Crippen LogP contribution in [0.2, 0.25) is 10.0 Å². The van der Waals surface area contributed by atoms with E-state index < -0.39 is 0 Å². The third-order valence-electron chi connectivity index (χ3n) is 4.86. The van der Waals surface area contributed by atoms with Gasteiger partial charge in [0.05, 0.1) is 10.7 Å². The standard InChI is InChI=1S/C19H26Cl2N2O2/c1-3-4-11-23(2)19(25)14-7-5-13(6-8-14)18(24)22-17-10-9-15(20)12-16(17)21/h9-10,12-14H,3-8,11H2,1-2H3,(H,22,24). The number of carbonyl (C=O) groups excluding carboxylic acids is 2. The zero-order valence-electron chi connectivity index (χ0n) is 14.9. The SMILES string of the molecule is CCCCN(C)C(=O)C1CCC(C(=O)Nc2ccc(Cl)cc2Cl)CC1. The largest absolute Gasteiger partial charge is 0.346 e. The summed E-state index contributed by atoms with van der Waals surface area (Å²) in [5.74, 6) is 0.157. The van der Waals surface area contributed by atoms with E-state index in [0.717, 1.165) is 45.1 Å². The summed E-state index contributed by atoms with van der Waals surface area (Å²) in [6, 6.07) is 5.02. The number of hydrogen-bond donors (Lipinski definition) is 1. The first-order valence-corrected chi connectivity index (χ1v) is 9.68. The Morgan fingerprint density at radius 1 is 1.16 bits per heavy atom. The number of unbranched alkanes of at least 4 members (excludes halogenated alkanes) is 1. The van der Waals surface area contributed by atoms with Crippen LogP contribution in [0.1, 0.15) is 45.4 Å². The molecular formula is C19H26Cl2N2O2. The lowest BCUT2D eigenvalue weighted by molar-refractivity contribution is -0.136. The average Bonchev–Trinajstić information content (AvgIpc) is 2.61. The molecular weight excluding hydrogens is 359 g/mol. The first kappa shape index (κ1) is 20.1. The Morgan fingerprint density at radius 2 is 1.80 bits per heavy atom. The molecule has 0 spiro atoms. The predicted octanol–water partition coefficient (Wildman–Crippen LogP) is 5.00. The maximum Gasteiger partial charge on any atom is 0.227 e. The predicted molar refractivity (Wildman–Crippen MR) is 103 cm³/mol. The van der Waals surface area contributed by atoms with Crippen LogP contribution in [0.25, 0.3) is 0 Å². The lowest BCUT2D eigenvalue weighted by Gasteiger charge is -2.30. The lowest BCUT2D eigenvalue weighted by Crippen LogP contribution is -2.37. The molecule has 0 saturated heterocycles. The van der Waals surface area contributed by atoms with Gasteiger partial charge in [0.1, 0.15) is 0 Å². The molecule has 0 aliphatic heterocycles. The van der Waals surface area contributed by atoms with Gasteiger partial charge in [0, 0.05) is 30.5 Å². The van der Waals surface area contributed by atoms with Crippen LogP contribution >= 0.6 is 23.2 Å². The number of anilines is 1. The Kier molecular flexibility index (Phi) is 7.57. The number of amides is 2. The molecule has 1 aliphatic rings. The highest BCUT2D eigenvalue weighted by Crippen LogP contribution is 2.32. The van der Waals surface area contributed by atoms with Crippen molar-refractivity contribution in [3.8, 4) is 0 Å². The molecule has 0 aromatic heterocycles. The van der Waals surface area contributed by atoms with E-state index in [2.05, 4.69) is 12.2 Å². The van der Waals surface area contributed by atoms with E-state index in [1.165, 1.54) is 0 Å². The summed E-state index contributed by atoms with van der Waals surface area (Å²) in [5.41, 5.74) is 0.577. The molecule has 138 valence electrons. The van der Waals surface area contributed by atoms with Gasteiger partial charge in [-0.15, -0.1) is 0 Å². The summed E-state index contributed by atoms with van der Waals surface area (Å²) in [7, 11) is 1.87. The zero-order chi connectivity index (χ0) is 18.4. The Labute approximate surface area is 159 Å². The second-order valence-corrected chi connectivity index (χ2v) is 7.62. The minimum absolute atomic E-state index is 0.0329. The monoisotopic (exact) mass is 384 g/mol. The first-order valence-electron chi connectivity index (χ1n) is 8.93. The Balaban J connectivity index is 1.84. The van der Waals surface area contributed by atoms with Crippen LogP contribution in [-0.2, 0) is 9.59 Å². The van der Waals surface area contributed by atoms with Gasteiger partial charge in [-0.3, -0.25) is 9.59 Å². The molecule has 0 atom stereocenters. The number of nitrogens with one attached hydrogen (secondary N) is 1. The molecule has 1 saturated carbocycles. The summed E-state index contributed by atoms with van der Waals surface area (Å²) >= 11 is 12.0. The van der Waals surface area contributed by atoms with Crippen molar-refractivity contribution in [3.63, 3.8) is 0 Å². The summed E-state index contributed by atoms with van der Waals surface area (Å²) in [6.45, 7) is 2.93. The topological polar surface area (TPSA) is 49.4 Å². The van der Waals surface area contributed by atoms with E-state index in [-0.39, 0.29) is 23.7 Å². The van der Waals surface area contributed by atoms with Gasteiger partial charge in [0.15, 0.2) is 0 Å². The van der Waals surface area contributed by atoms with Gasteiger partial charge >= 0.3 is 0 Å². The molecule has 1 N–H and O–H groups in total. The molecule has 2 rings (SSSR count). The Hall–Kier alpha value is -1.26. The van der Waals surface area contributed by atoms with Crippen molar-refractivity contribution in [2.24, 2.45) is 11.8 Å². The first-order chi connectivity index (χ1) is 11.9. The van der Waals surface area contributed by atoms with Crippen molar-refractivity contribution >= 4 is 40.7 Å². The smallest absolute Gasteiger partial charge is 0.227 e. The van der Waals surface area contributed by atoms with Crippen molar-refractivity contribution in [1.82, 2.24) is 4.90 Å². The number of hydrogen-bond acceptors (Lipinski definition) is 2. The van der Waals surface area contributed by atoms with E-state index >= 15 is 0 Å². The molecule has 1 aliphatic carbocycles. The molecule has 0 bridgehead atoms. The highest BCUT2D eigenvalue weighted by atomic mass is 35.5. The van der Waals surface area contributed by atoms with Crippen LogP contribution in [0.3, 0.4) is 0 Å². The van der Waals surface area contributed by atoms with Gasteiger partial charge in [-0.2, -0.15) is 0 Å². The number of nitrogens with zero attached hydrogens (tertiary/aromatic N) is 1. The van der Waals surface area contributed by atoms with E-state index in [1.54, 1.807) is 18.2 Å². The van der Waals surface area contributed by atoms with Crippen LogP contribution in [0.5, 0.6) is 0 Å². The third kappa shape index (κ3) is 5.61. The Morgan fingerprint density at radius 3 is 2.40 bits per heavy atom. The third-order valence-corrected chi connectivity index (χ3v) is 5.41. The lowest BCUT2D eigenvalue weighted by atomic mass is 9.81. The summed E-state index contributed by atoms with van der Waals surface area (Å²) in [6.07, 6.45) is 5.10. The zero-order valence-corrected chi connectivity index (χ0v) is 16.4. The number of benzene rings is 1. The molecule has 0 radical (unpaired) electrons. The fraction of sp³-hybridized carbons (Fsp3) is 0.579. The normalized spacial score (nSPS) is 20.2. The second-order valence-electron chi connectivity index (χ2n) is 6.78. The number of halogens is 2. The molecule has 2 amide bonds. The maximum atomic E-state index is 12.5. The highest BCUT2D eigenvalue weighted by Gasteiger charge is 2.31. The van der Waals surface area contributed by atoms with E-state index in [4.69, 9.17) is 23.2 Å². The van der Waals surface area contributed by atoms with Crippen molar-refractivity contribution in [2.45, 2.75) is 45.4 Å². The van der Waals surface area contributed by atoms with Gasteiger partial charge < -0.3 is 10.2 Å². The molecule has 1 aromatic carbocycles. The van der Waals surface area contributed by atoms with Gasteiger partial charge in [-0.25, -0.2) is 0 Å². The van der Waals surface area contributed by atoms with Crippen LogP contribution in [-0.4, -0.2) is 30.3 Å². The van der Waals surface area contributed by atoms with Crippen molar-refractivity contribution in [2.75, 3.05) is 18.9 Å². The minimum Gasteiger partial charge on any atom is -0.346 e. The van der Waals surface area contributed by atoms with Crippen LogP contribution in [0.4, 0.5) is 5.69 Å². The van der Waals surface area contributed by atoms with Crippen LogP contribution < -0.4 is 5.32 Å². The molecule has 1 aromatic rings. The Bertz CT molecular complexity index is 613. The van der Waals surface area contributed by atoms with Gasteiger partial charge in [-0.05, 0) is 50.3 Å². The summed E-state index contributed by atoms with van der Waals surface area (Å²) in [4.78, 5) is 26.7. The van der Waals surface area contributed by atoms with E-state index in [1.807, 2.05) is 11.9 Å². The molecule has 6 heteroatoms. The van der Waals surface area contributed by atoms with Gasteiger partial charge in [0.25, 0.3) is 0 Å². The summed E-state index contributed by atoms with van der Waals surface area (Å²) < 4.78 is 0. The fourth-order valence-electron chi connectivity index (χ4n) is 3.25. The van der Waals surface area contributed by atoms with Crippen LogP contribution in [0, 0.1) is 11.8 Å². The van der Waals surface area contributed by atoms with Crippen molar-refractivity contribution < 1.29 is 9.59 Å². The van der Waals surface area contributed by atoms with Crippen molar-refractivity contribution in [3.05, 3.63) is 28.2 Å². The van der Waals surface area contributed by atoms with Gasteiger partial charge in [0.2, 0.25) is 11.8 Å². The van der Waals surface area contributed by atoms with E-state index in [0.29, 0.717) is 15.7 Å². The minimum atomic E-state index is -0.0725. The molecule has 25 heavy (non-hydrogen) atoms. The average molecular weight is 385 g/mol. The highest BCUT2D eigenvalue weighted by molar-refractivity contribution is 6.36. The van der Waals surface area contributed by atoms with Crippen molar-refractivity contribution in [1.29, 1.82) is 0 Å². The van der Waals surface area contributed by atoms with E-state index in [9.17, 15) is 9.59 Å².